The van der Waals surface area contributed by atoms with Gasteiger partial charge >= 0.3 is 0 Å². The van der Waals surface area contributed by atoms with Crippen LogP contribution >= 0.6 is 23.2 Å². The van der Waals surface area contributed by atoms with Gasteiger partial charge in [-0.25, -0.2) is 0 Å². The molecule has 1 aromatic heterocycles. The second-order valence-electron chi connectivity index (χ2n) is 4.07. The zero-order chi connectivity index (χ0) is 14.0. The monoisotopic (exact) mass is 298 g/mol. The number of hydrogen-bond acceptors (Lipinski definition) is 3. The first-order valence-electron chi connectivity index (χ1n) is 5.58. The van der Waals surface area contributed by atoms with Gasteiger partial charge in [0.25, 0.3) is 0 Å². The van der Waals surface area contributed by atoms with Gasteiger partial charge in [-0.05, 0) is 25.1 Å². The van der Waals surface area contributed by atoms with Crippen molar-refractivity contribution in [1.29, 1.82) is 0 Å². The molecule has 0 fully saturated rings. The fourth-order valence-electron chi connectivity index (χ4n) is 1.69. The Balaban J connectivity index is 2.16. The molecule has 0 saturated heterocycles. The zero-order valence-corrected chi connectivity index (χ0v) is 12.0. The lowest BCUT2D eigenvalue weighted by Gasteiger charge is -2.09. The highest BCUT2D eigenvalue weighted by atomic mass is 35.5. The molecule has 0 saturated carbocycles. The normalized spacial score (nSPS) is 10.5. The Labute approximate surface area is 120 Å². The fraction of sp³-hybridized carbons (Fsp3) is 0.231. The largest absolute Gasteiger partial charge is 0.486 e. The molecule has 1 heterocycles. The number of rotatable bonds is 4. The van der Waals surface area contributed by atoms with Gasteiger partial charge in [0, 0.05) is 12.6 Å². The van der Waals surface area contributed by atoms with Crippen molar-refractivity contribution in [1.82, 2.24) is 9.78 Å². The second kappa shape index (κ2) is 5.63. The fourth-order valence-corrected chi connectivity index (χ4v) is 2.15. The van der Waals surface area contributed by atoms with Gasteiger partial charge in [-0.3, -0.25) is 9.48 Å². The lowest BCUT2D eigenvalue weighted by molar-refractivity contribution is 0.112. The molecule has 0 bridgehead atoms. The third kappa shape index (κ3) is 2.91. The van der Waals surface area contributed by atoms with Crippen LogP contribution in [0, 0.1) is 6.92 Å². The van der Waals surface area contributed by atoms with E-state index < -0.39 is 0 Å². The molecule has 19 heavy (non-hydrogen) atoms. The minimum Gasteiger partial charge on any atom is -0.486 e. The second-order valence-corrected chi connectivity index (χ2v) is 4.85. The first-order chi connectivity index (χ1) is 9.02. The molecule has 0 unspecified atom stereocenters. The number of hydrogen-bond donors (Lipinski definition) is 0. The molecule has 2 rings (SSSR count). The summed E-state index contributed by atoms with van der Waals surface area (Å²) < 4.78 is 7.28. The molecule has 0 amide bonds. The average Bonchev–Trinajstić information content (AvgIpc) is 2.62. The average molecular weight is 299 g/mol. The van der Waals surface area contributed by atoms with Crippen molar-refractivity contribution in [2.24, 2.45) is 7.05 Å². The Kier molecular flexibility index (Phi) is 4.12. The molecular formula is C13H12Cl2N2O2. The Bertz CT molecular complexity index is 623. The maximum atomic E-state index is 10.6. The third-order valence-corrected chi connectivity index (χ3v) is 3.51. The Morgan fingerprint density at radius 3 is 2.68 bits per heavy atom. The zero-order valence-electron chi connectivity index (χ0n) is 10.5. The van der Waals surface area contributed by atoms with Gasteiger partial charge in [-0.2, -0.15) is 5.10 Å². The summed E-state index contributed by atoms with van der Waals surface area (Å²) in [5, 5.41) is 5.17. The first-order valence-corrected chi connectivity index (χ1v) is 6.34. The number of benzene rings is 1. The van der Waals surface area contributed by atoms with Crippen LogP contribution in [0.2, 0.25) is 10.0 Å². The van der Waals surface area contributed by atoms with E-state index in [0.29, 0.717) is 21.4 Å². The molecule has 6 heteroatoms. The van der Waals surface area contributed by atoms with Crippen LogP contribution < -0.4 is 4.74 Å². The summed E-state index contributed by atoms with van der Waals surface area (Å²) in [7, 11) is 1.80. The number of aromatic nitrogens is 2. The predicted octanol–water partition coefficient (Wildman–Crippen LogP) is 3.43. The molecule has 2 aromatic rings. The predicted molar refractivity (Wildman–Crippen MR) is 74.1 cm³/mol. The van der Waals surface area contributed by atoms with E-state index in [2.05, 4.69) is 5.10 Å². The summed E-state index contributed by atoms with van der Waals surface area (Å²) in [4.78, 5) is 10.6. The molecule has 0 aliphatic rings. The molecule has 4 nitrogen and oxygen atoms in total. The molecule has 0 aliphatic heterocycles. The SMILES string of the molecule is Cc1nn(C)c(COc2ccc(C=O)cc2Cl)c1Cl. The maximum absolute atomic E-state index is 10.6. The third-order valence-electron chi connectivity index (χ3n) is 2.72. The summed E-state index contributed by atoms with van der Waals surface area (Å²) >= 11 is 12.1. The summed E-state index contributed by atoms with van der Waals surface area (Å²) in [6.07, 6.45) is 0.733. The molecule has 0 aliphatic carbocycles. The van der Waals surface area contributed by atoms with Crippen molar-refractivity contribution < 1.29 is 9.53 Å². The van der Waals surface area contributed by atoms with Gasteiger partial charge in [0.15, 0.2) is 0 Å². The molecule has 0 atom stereocenters. The van der Waals surface area contributed by atoms with Crippen LogP contribution in [0.4, 0.5) is 0 Å². The summed E-state index contributed by atoms with van der Waals surface area (Å²) in [6.45, 7) is 2.09. The van der Waals surface area contributed by atoms with Crippen LogP contribution in [0.25, 0.3) is 0 Å². The van der Waals surface area contributed by atoms with Gasteiger partial charge in [0.05, 0.1) is 21.4 Å². The van der Waals surface area contributed by atoms with Gasteiger partial charge in [0.2, 0.25) is 0 Å². The lowest BCUT2D eigenvalue weighted by Crippen LogP contribution is -2.04. The molecule has 100 valence electrons. The Morgan fingerprint density at radius 1 is 1.42 bits per heavy atom. The summed E-state index contributed by atoms with van der Waals surface area (Å²) in [5.74, 6) is 0.502. The van der Waals surface area contributed by atoms with Crippen molar-refractivity contribution in [3.8, 4) is 5.75 Å². The number of carbonyl (C=O) groups is 1. The lowest BCUT2D eigenvalue weighted by atomic mass is 10.2. The van der Waals surface area contributed by atoms with Crippen LogP contribution in [0.5, 0.6) is 5.75 Å². The van der Waals surface area contributed by atoms with Crippen molar-refractivity contribution in [3.63, 3.8) is 0 Å². The molecule has 0 radical (unpaired) electrons. The Morgan fingerprint density at radius 2 is 2.16 bits per heavy atom. The summed E-state index contributed by atoms with van der Waals surface area (Å²) in [6, 6.07) is 4.85. The highest BCUT2D eigenvalue weighted by Gasteiger charge is 2.12. The van der Waals surface area contributed by atoms with Crippen LogP contribution in [0.15, 0.2) is 18.2 Å². The van der Waals surface area contributed by atoms with E-state index in [0.717, 1.165) is 17.7 Å². The van der Waals surface area contributed by atoms with E-state index >= 15 is 0 Å². The van der Waals surface area contributed by atoms with E-state index in [1.165, 1.54) is 0 Å². The van der Waals surface area contributed by atoms with E-state index in [1.54, 1.807) is 29.9 Å². The topological polar surface area (TPSA) is 44.1 Å². The molecule has 1 aromatic carbocycles. The molecular weight excluding hydrogens is 287 g/mol. The number of aryl methyl sites for hydroxylation is 2. The van der Waals surface area contributed by atoms with E-state index in [4.69, 9.17) is 27.9 Å². The summed E-state index contributed by atoms with van der Waals surface area (Å²) in [5.41, 5.74) is 2.03. The maximum Gasteiger partial charge on any atom is 0.150 e. The van der Waals surface area contributed by atoms with Gasteiger partial charge in [0.1, 0.15) is 18.6 Å². The van der Waals surface area contributed by atoms with Crippen LogP contribution in [0.3, 0.4) is 0 Å². The van der Waals surface area contributed by atoms with Gasteiger partial charge < -0.3 is 4.74 Å². The van der Waals surface area contributed by atoms with Crippen molar-refractivity contribution in [2.75, 3.05) is 0 Å². The van der Waals surface area contributed by atoms with Gasteiger partial charge in [-0.15, -0.1) is 0 Å². The van der Waals surface area contributed by atoms with E-state index in [1.807, 2.05) is 6.92 Å². The van der Waals surface area contributed by atoms with E-state index in [9.17, 15) is 4.79 Å². The minimum absolute atomic E-state index is 0.260. The van der Waals surface area contributed by atoms with Crippen molar-refractivity contribution >= 4 is 29.5 Å². The standard InChI is InChI=1S/C13H12Cl2N2O2/c1-8-13(15)11(17(2)16-8)7-19-12-4-3-9(6-18)5-10(12)14/h3-6H,7H2,1-2H3. The first kappa shape index (κ1) is 13.9. The number of carbonyl (C=O) groups excluding carboxylic acids is 1. The van der Waals surface area contributed by atoms with Crippen LogP contribution in [-0.4, -0.2) is 16.1 Å². The van der Waals surface area contributed by atoms with Gasteiger partial charge in [-0.1, -0.05) is 23.2 Å². The highest BCUT2D eigenvalue weighted by molar-refractivity contribution is 6.32. The number of halogens is 2. The van der Waals surface area contributed by atoms with E-state index in [-0.39, 0.29) is 6.61 Å². The smallest absolute Gasteiger partial charge is 0.150 e. The Hall–Kier alpha value is -1.52. The van der Waals surface area contributed by atoms with Crippen molar-refractivity contribution in [3.05, 3.63) is 45.2 Å². The molecule has 0 spiro atoms. The molecule has 0 N–H and O–H groups in total. The quantitative estimate of drug-likeness (QED) is 0.812. The number of nitrogens with zero attached hydrogens (tertiary/aromatic N) is 2. The number of aldehydes is 1. The highest BCUT2D eigenvalue weighted by Crippen LogP contribution is 2.27. The minimum atomic E-state index is 0.260. The van der Waals surface area contributed by atoms with Crippen molar-refractivity contribution in [2.45, 2.75) is 13.5 Å². The number of ether oxygens (including phenoxy) is 1. The van der Waals surface area contributed by atoms with Crippen LogP contribution in [-0.2, 0) is 13.7 Å². The van der Waals surface area contributed by atoms with Crippen LogP contribution in [0.1, 0.15) is 21.7 Å².